The molecule has 0 radical (unpaired) electrons. The molecule has 11 heteroatoms. The summed E-state index contributed by atoms with van der Waals surface area (Å²) in [6.45, 7) is 6.05. The molecule has 1 aliphatic heterocycles. The first-order chi connectivity index (χ1) is 19.9. The summed E-state index contributed by atoms with van der Waals surface area (Å²) in [7, 11) is 3.81. The molecule has 4 rings (SSSR count). The molecule has 1 atom stereocenters. The second-order valence-electron chi connectivity index (χ2n) is 11.0. The minimum Gasteiger partial charge on any atom is -0.444 e. The number of benzene rings is 2. The van der Waals surface area contributed by atoms with Gasteiger partial charge < -0.3 is 19.9 Å². The van der Waals surface area contributed by atoms with Crippen LogP contribution in [0.4, 0.5) is 14.9 Å². The lowest BCUT2D eigenvalue weighted by Gasteiger charge is -2.26. The van der Waals surface area contributed by atoms with Crippen LogP contribution in [0.15, 0.2) is 71.9 Å². The van der Waals surface area contributed by atoms with Crippen molar-refractivity contribution in [3.8, 4) is 0 Å². The molecule has 3 amide bonds. The van der Waals surface area contributed by atoms with Gasteiger partial charge in [-0.1, -0.05) is 30.3 Å². The van der Waals surface area contributed by atoms with Gasteiger partial charge in [-0.2, -0.15) is 0 Å². The predicted molar refractivity (Wildman–Crippen MR) is 158 cm³/mol. The maximum atomic E-state index is 15.1. The van der Waals surface area contributed by atoms with Crippen LogP contribution in [-0.4, -0.2) is 72.5 Å². The van der Waals surface area contributed by atoms with Gasteiger partial charge >= 0.3 is 6.09 Å². The number of nitrogens with one attached hydrogen (secondary N) is 2. The number of likely N-dealkylation sites (N-methyl/N-ethyl adjacent to an activating group) is 1. The van der Waals surface area contributed by atoms with Crippen LogP contribution in [-0.2, 0) is 16.1 Å². The maximum absolute atomic E-state index is 15.1. The van der Waals surface area contributed by atoms with Crippen LogP contribution < -0.4 is 15.5 Å². The summed E-state index contributed by atoms with van der Waals surface area (Å²) in [6.07, 6.45) is -0.775. The third kappa shape index (κ3) is 7.35. The van der Waals surface area contributed by atoms with Gasteiger partial charge in [-0.3, -0.25) is 19.9 Å². The second kappa shape index (κ2) is 12.9. The standard InChI is InChI=1S/C31H35FN6O4/c1-31(2,3)42-30(41)36-27-29(40)38(19-24-21(13-10-16-33-24)28(39)34-17-18-37(4)5)25-15-9-7-12-22(25)26(35-27)20-11-6-8-14-23(20)32/h6-16,27H,17-19H2,1-5H3,(H,34,39)(H,36,41)/t27-/m1/s1. The van der Waals surface area contributed by atoms with E-state index in [9.17, 15) is 14.4 Å². The predicted octanol–water partition coefficient (Wildman–Crippen LogP) is 3.75. The Morgan fingerprint density at radius 1 is 1.02 bits per heavy atom. The summed E-state index contributed by atoms with van der Waals surface area (Å²) in [5.74, 6) is -1.48. The van der Waals surface area contributed by atoms with Crippen LogP contribution in [0.1, 0.15) is 48.0 Å². The van der Waals surface area contributed by atoms with E-state index in [2.05, 4.69) is 20.6 Å². The molecule has 0 spiro atoms. The summed E-state index contributed by atoms with van der Waals surface area (Å²) in [5.41, 5.74) is 1.05. The molecule has 1 aliphatic rings. The summed E-state index contributed by atoms with van der Waals surface area (Å²) in [4.78, 5) is 52.4. The van der Waals surface area contributed by atoms with Crippen LogP contribution in [0.25, 0.3) is 0 Å². The lowest BCUT2D eigenvalue weighted by Crippen LogP contribution is -2.48. The minimum atomic E-state index is -1.46. The van der Waals surface area contributed by atoms with Gasteiger partial charge in [0.15, 0.2) is 0 Å². The number of hydrogen-bond donors (Lipinski definition) is 2. The van der Waals surface area contributed by atoms with E-state index in [0.717, 1.165) is 0 Å². The number of fused-ring (bicyclic) bond motifs is 1. The van der Waals surface area contributed by atoms with Crippen LogP contribution in [0, 0.1) is 5.82 Å². The van der Waals surface area contributed by atoms with Crippen molar-refractivity contribution in [2.24, 2.45) is 4.99 Å². The highest BCUT2D eigenvalue weighted by molar-refractivity contribution is 6.20. The van der Waals surface area contributed by atoms with Gasteiger partial charge in [0.2, 0.25) is 6.17 Å². The molecule has 0 saturated carbocycles. The number of carbonyl (C=O) groups excluding carboxylic acids is 3. The van der Waals surface area contributed by atoms with Gasteiger partial charge in [0.25, 0.3) is 11.8 Å². The minimum absolute atomic E-state index is 0.111. The topological polar surface area (TPSA) is 116 Å². The van der Waals surface area contributed by atoms with Crippen molar-refractivity contribution in [3.05, 3.63) is 95.1 Å². The van der Waals surface area contributed by atoms with E-state index >= 15 is 4.39 Å². The zero-order valence-corrected chi connectivity index (χ0v) is 24.3. The van der Waals surface area contributed by atoms with Gasteiger partial charge in [0.1, 0.15) is 11.4 Å². The summed E-state index contributed by atoms with van der Waals surface area (Å²) < 4.78 is 20.5. The number of aromatic nitrogens is 1. The van der Waals surface area contributed by atoms with Crippen LogP contribution in [0.5, 0.6) is 0 Å². The fourth-order valence-electron chi connectivity index (χ4n) is 4.38. The highest BCUT2D eigenvalue weighted by Crippen LogP contribution is 2.30. The van der Waals surface area contributed by atoms with Gasteiger partial charge in [0.05, 0.1) is 29.2 Å². The normalized spacial score (nSPS) is 15.0. The molecule has 10 nitrogen and oxygen atoms in total. The number of amides is 3. The largest absolute Gasteiger partial charge is 0.444 e. The average molecular weight is 575 g/mol. The highest BCUT2D eigenvalue weighted by Gasteiger charge is 2.35. The molecule has 220 valence electrons. The monoisotopic (exact) mass is 574 g/mol. The smallest absolute Gasteiger partial charge is 0.409 e. The van der Waals surface area contributed by atoms with Crippen LogP contribution in [0.2, 0.25) is 0 Å². The summed E-state index contributed by atoms with van der Waals surface area (Å²) >= 11 is 0. The van der Waals surface area contributed by atoms with Crippen molar-refractivity contribution in [1.82, 2.24) is 20.5 Å². The number of ether oxygens (including phenoxy) is 1. The van der Waals surface area contributed by atoms with Crippen molar-refractivity contribution in [1.29, 1.82) is 0 Å². The third-order valence-electron chi connectivity index (χ3n) is 6.28. The molecule has 0 unspecified atom stereocenters. The number of aliphatic imine (C=N–C) groups is 1. The average Bonchev–Trinajstić information content (AvgIpc) is 3.03. The van der Waals surface area contributed by atoms with Gasteiger partial charge in [-0.05, 0) is 65.2 Å². The zero-order valence-electron chi connectivity index (χ0n) is 24.3. The Kier molecular flexibility index (Phi) is 9.31. The Labute approximate surface area is 244 Å². The molecule has 0 aliphatic carbocycles. The van der Waals surface area contributed by atoms with Crippen LogP contribution >= 0.6 is 0 Å². The van der Waals surface area contributed by atoms with E-state index in [1.165, 1.54) is 17.2 Å². The molecule has 3 aromatic rings. The SMILES string of the molecule is CN(C)CCNC(=O)c1cccnc1CN1C(=O)[C@@H](NC(=O)OC(C)(C)C)N=C(c2ccccc2F)c2ccccc21. The Bertz CT molecular complexity index is 1500. The first-order valence-electron chi connectivity index (χ1n) is 13.5. The molecule has 0 bridgehead atoms. The van der Waals surface area contributed by atoms with E-state index < -0.39 is 29.6 Å². The summed E-state index contributed by atoms with van der Waals surface area (Å²) in [5, 5.41) is 5.42. The van der Waals surface area contributed by atoms with E-state index in [1.807, 2.05) is 19.0 Å². The van der Waals surface area contributed by atoms with Gasteiger partial charge in [-0.25, -0.2) is 14.2 Å². The van der Waals surface area contributed by atoms with Crippen molar-refractivity contribution in [2.75, 3.05) is 32.1 Å². The fourth-order valence-corrected chi connectivity index (χ4v) is 4.38. The molecule has 0 fully saturated rings. The van der Waals surface area contributed by atoms with Crippen molar-refractivity contribution >= 4 is 29.3 Å². The molecular formula is C31H35FN6O4. The van der Waals surface area contributed by atoms with Crippen molar-refractivity contribution in [3.63, 3.8) is 0 Å². The number of alkyl carbamates (subject to hydrolysis) is 1. The Morgan fingerprint density at radius 2 is 1.71 bits per heavy atom. The number of rotatable bonds is 8. The molecule has 0 saturated heterocycles. The molecule has 42 heavy (non-hydrogen) atoms. The van der Waals surface area contributed by atoms with E-state index in [-0.39, 0.29) is 23.7 Å². The number of benzodiazepines with no additional fused rings is 1. The first-order valence-corrected chi connectivity index (χ1v) is 13.5. The molecule has 2 aromatic carbocycles. The number of carbonyl (C=O) groups is 3. The lowest BCUT2D eigenvalue weighted by molar-refractivity contribution is -0.120. The lowest BCUT2D eigenvalue weighted by atomic mass is 9.99. The maximum Gasteiger partial charge on any atom is 0.409 e. The second-order valence-corrected chi connectivity index (χ2v) is 11.0. The zero-order chi connectivity index (χ0) is 30.4. The first kappa shape index (κ1) is 30.3. The molecule has 1 aromatic heterocycles. The Morgan fingerprint density at radius 3 is 2.40 bits per heavy atom. The molecule has 2 N–H and O–H groups in total. The Hall–Kier alpha value is -4.64. The number of hydrogen-bond acceptors (Lipinski definition) is 7. The number of para-hydroxylation sites is 1. The fraction of sp³-hybridized carbons (Fsp3) is 0.323. The van der Waals surface area contributed by atoms with E-state index in [4.69, 9.17) is 4.74 Å². The van der Waals surface area contributed by atoms with E-state index in [1.54, 1.807) is 75.4 Å². The van der Waals surface area contributed by atoms with E-state index in [0.29, 0.717) is 35.6 Å². The van der Waals surface area contributed by atoms with Crippen molar-refractivity contribution in [2.45, 2.75) is 39.1 Å². The molecule has 2 heterocycles. The molecular weight excluding hydrogens is 539 g/mol. The van der Waals surface area contributed by atoms with Gasteiger partial charge in [0, 0.05) is 30.4 Å². The summed E-state index contributed by atoms with van der Waals surface area (Å²) in [6, 6.07) is 16.3. The number of halogens is 1. The highest BCUT2D eigenvalue weighted by atomic mass is 19.1. The number of anilines is 1. The van der Waals surface area contributed by atoms with Gasteiger partial charge in [-0.15, -0.1) is 0 Å². The Balaban J connectivity index is 1.78. The van der Waals surface area contributed by atoms with Crippen LogP contribution in [0.3, 0.4) is 0 Å². The van der Waals surface area contributed by atoms with Crippen molar-refractivity contribution < 1.29 is 23.5 Å². The quantitative estimate of drug-likeness (QED) is 0.424. The number of nitrogens with zero attached hydrogens (tertiary/aromatic N) is 4. The number of pyridine rings is 1. The third-order valence-corrected chi connectivity index (χ3v) is 6.28.